The zero-order valence-corrected chi connectivity index (χ0v) is 19.1. The van der Waals surface area contributed by atoms with Gasteiger partial charge in [0.2, 0.25) is 5.89 Å². The maximum atomic E-state index is 12.4. The molecule has 0 fully saturated rings. The summed E-state index contributed by atoms with van der Waals surface area (Å²) >= 11 is 11.9. The molecule has 6 nitrogen and oxygen atoms in total. The largest absolute Gasteiger partial charge is 0.507 e. The summed E-state index contributed by atoms with van der Waals surface area (Å²) < 4.78 is 7.03. The van der Waals surface area contributed by atoms with E-state index >= 15 is 0 Å². The van der Waals surface area contributed by atoms with Crippen molar-refractivity contribution < 1.29 is 14.3 Å². The van der Waals surface area contributed by atoms with Crippen molar-refractivity contribution in [2.24, 2.45) is 0 Å². The van der Waals surface area contributed by atoms with Crippen LogP contribution in [0, 0.1) is 0 Å². The van der Waals surface area contributed by atoms with E-state index in [0.717, 1.165) is 5.56 Å². The van der Waals surface area contributed by atoms with Crippen LogP contribution in [0.5, 0.6) is 5.75 Å². The fraction of sp³-hybridized carbons (Fsp3) is 0. The Kier molecular flexibility index (Phi) is 5.85. The monoisotopic (exact) mass is 545 g/mol. The van der Waals surface area contributed by atoms with Crippen molar-refractivity contribution in [1.82, 2.24) is 10.3 Å². The van der Waals surface area contributed by atoms with Gasteiger partial charge in [-0.15, -0.1) is 0 Å². The van der Waals surface area contributed by atoms with Crippen LogP contribution in [0.1, 0.15) is 10.4 Å². The minimum atomic E-state index is -0.317. The van der Waals surface area contributed by atoms with Gasteiger partial charge in [0.05, 0.1) is 10.0 Å². The molecule has 0 aliphatic carbocycles. The first-order valence-corrected chi connectivity index (χ1v) is 10.7. The number of phenolic OH excluding ortho intramolecular Hbond substituents is 1. The minimum Gasteiger partial charge on any atom is -0.507 e. The molecule has 4 aromatic rings. The van der Waals surface area contributed by atoms with Crippen LogP contribution in [0.15, 0.2) is 74.0 Å². The molecule has 4 rings (SSSR count). The predicted molar refractivity (Wildman–Crippen MR) is 127 cm³/mol. The molecule has 3 N–H and O–H groups in total. The highest BCUT2D eigenvalue weighted by molar-refractivity contribution is 9.10. The first-order chi connectivity index (χ1) is 14.4. The summed E-state index contributed by atoms with van der Waals surface area (Å²) in [5, 5.41) is 15.5. The smallest absolute Gasteiger partial charge is 0.258 e. The van der Waals surface area contributed by atoms with Crippen molar-refractivity contribution in [3.63, 3.8) is 0 Å². The number of halogens is 2. The van der Waals surface area contributed by atoms with Gasteiger partial charge in [0.25, 0.3) is 5.91 Å². The molecule has 3 aromatic carbocycles. The lowest BCUT2D eigenvalue weighted by atomic mass is 10.2. The van der Waals surface area contributed by atoms with Gasteiger partial charge in [0.1, 0.15) is 11.3 Å². The Morgan fingerprint density at radius 3 is 2.60 bits per heavy atom. The molecule has 1 amide bonds. The third kappa shape index (κ3) is 4.38. The maximum absolute atomic E-state index is 12.4. The van der Waals surface area contributed by atoms with Crippen molar-refractivity contribution >= 4 is 71.9 Å². The molecule has 150 valence electrons. The van der Waals surface area contributed by atoms with Gasteiger partial charge in [0, 0.05) is 15.7 Å². The van der Waals surface area contributed by atoms with E-state index in [1.165, 1.54) is 0 Å². The summed E-state index contributed by atoms with van der Waals surface area (Å²) in [7, 11) is 0. The molecule has 0 bridgehead atoms. The summed E-state index contributed by atoms with van der Waals surface area (Å²) in [6.07, 6.45) is 0. The first-order valence-electron chi connectivity index (χ1n) is 8.67. The number of aromatic hydroxyl groups is 1. The number of fused-ring (bicyclic) bond motifs is 1. The van der Waals surface area contributed by atoms with E-state index in [-0.39, 0.29) is 16.8 Å². The summed E-state index contributed by atoms with van der Waals surface area (Å²) in [6.45, 7) is 0. The topological polar surface area (TPSA) is 87.4 Å². The van der Waals surface area contributed by atoms with Crippen LogP contribution in [0.3, 0.4) is 0 Å². The third-order valence-corrected chi connectivity index (χ3v) is 5.72. The van der Waals surface area contributed by atoms with Gasteiger partial charge in [-0.05, 0) is 92.6 Å². The number of nitrogens with zero attached hydrogens (tertiary/aromatic N) is 1. The Morgan fingerprint density at radius 1 is 1.03 bits per heavy atom. The van der Waals surface area contributed by atoms with Crippen LogP contribution in [-0.2, 0) is 0 Å². The quantitative estimate of drug-likeness (QED) is 0.279. The second-order valence-corrected chi connectivity index (χ2v) is 8.37. The predicted octanol–water partition coefficient (Wildman–Crippen LogP) is 5.85. The van der Waals surface area contributed by atoms with E-state index in [1.807, 2.05) is 6.07 Å². The number of benzene rings is 3. The Labute approximate surface area is 193 Å². The molecule has 0 radical (unpaired) electrons. The lowest BCUT2D eigenvalue weighted by Gasteiger charge is -2.10. The van der Waals surface area contributed by atoms with Crippen LogP contribution < -0.4 is 10.6 Å². The van der Waals surface area contributed by atoms with Gasteiger partial charge < -0.3 is 14.8 Å². The van der Waals surface area contributed by atoms with E-state index < -0.39 is 0 Å². The molecule has 0 spiro atoms. The number of carbonyl (C=O) groups is 1. The van der Waals surface area contributed by atoms with Gasteiger partial charge >= 0.3 is 0 Å². The van der Waals surface area contributed by atoms with E-state index in [0.29, 0.717) is 37.2 Å². The molecule has 0 saturated heterocycles. The Balaban J connectivity index is 1.51. The number of phenols is 1. The van der Waals surface area contributed by atoms with Crippen LogP contribution in [0.25, 0.3) is 22.6 Å². The second kappa shape index (κ2) is 8.55. The summed E-state index contributed by atoms with van der Waals surface area (Å²) in [4.78, 5) is 16.9. The number of hydrogen-bond acceptors (Lipinski definition) is 5. The van der Waals surface area contributed by atoms with Crippen molar-refractivity contribution in [3.8, 4) is 17.2 Å². The number of nitrogens with one attached hydrogen (secondary N) is 2. The van der Waals surface area contributed by atoms with Gasteiger partial charge in [-0.1, -0.05) is 12.1 Å². The molecular formula is C21H13Br2N3O3S. The van der Waals surface area contributed by atoms with Gasteiger partial charge in [-0.3, -0.25) is 10.1 Å². The summed E-state index contributed by atoms with van der Waals surface area (Å²) in [5.74, 6) is 0.245. The number of carbonyl (C=O) groups excluding carboxylic acids is 1. The molecule has 1 aromatic heterocycles. The zero-order valence-electron chi connectivity index (χ0n) is 15.1. The van der Waals surface area contributed by atoms with Crippen molar-refractivity contribution in [2.75, 3.05) is 5.32 Å². The minimum absolute atomic E-state index is 0.138. The highest BCUT2D eigenvalue weighted by atomic mass is 79.9. The van der Waals surface area contributed by atoms with E-state index in [2.05, 4.69) is 47.5 Å². The fourth-order valence-corrected chi connectivity index (χ4v) is 3.80. The Hall–Kier alpha value is -2.75. The average Bonchev–Trinajstić information content (AvgIpc) is 3.13. The number of aromatic nitrogens is 1. The molecule has 1 heterocycles. The highest BCUT2D eigenvalue weighted by Gasteiger charge is 2.13. The normalized spacial score (nSPS) is 10.7. The molecule has 0 atom stereocenters. The molecule has 0 aliphatic heterocycles. The van der Waals surface area contributed by atoms with Crippen LogP contribution in [-0.4, -0.2) is 21.1 Å². The molecular weight excluding hydrogens is 534 g/mol. The first kappa shape index (κ1) is 20.5. The molecule has 0 aliphatic rings. The van der Waals surface area contributed by atoms with Crippen LogP contribution in [0.4, 0.5) is 5.69 Å². The summed E-state index contributed by atoms with van der Waals surface area (Å²) in [5.41, 5.74) is 3.09. The van der Waals surface area contributed by atoms with E-state index in [4.69, 9.17) is 16.6 Å². The lowest BCUT2D eigenvalue weighted by molar-refractivity contribution is 0.0977. The number of amides is 1. The van der Waals surface area contributed by atoms with Gasteiger partial charge in [-0.25, -0.2) is 4.98 Å². The molecule has 0 unspecified atom stereocenters. The van der Waals surface area contributed by atoms with Crippen molar-refractivity contribution in [2.45, 2.75) is 0 Å². The number of thiocarbonyl (C=S) groups is 1. The maximum Gasteiger partial charge on any atom is 0.258 e. The molecule has 0 saturated carbocycles. The fourth-order valence-electron chi connectivity index (χ4n) is 2.75. The molecule has 30 heavy (non-hydrogen) atoms. The van der Waals surface area contributed by atoms with E-state index in [1.54, 1.807) is 54.6 Å². The van der Waals surface area contributed by atoms with Crippen LogP contribution in [0.2, 0.25) is 0 Å². The molecule has 9 heteroatoms. The number of oxazole rings is 1. The average molecular weight is 547 g/mol. The number of rotatable bonds is 3. The second-order valence-electron chi connectivity index (χ2n) is 6.26. The SMILES string of the molecule is O=C(NC(=S)Nc1ccc2oc(-c3ccc(O)c(Br)c3)nc2c1)c1ccccc1Br. The lowest BCUT2D eigenvalue weighted by Crippen LogP contribution is -2.34. The third-order valence-electron chi connectivity index (χ3n) is 4.19. The Morgan fingerprint density at radius 2 is 1.83 bits per heavy atom. The summed E-state index contributed by atoms with van der Waals surface area (Å²) in [6, 6.07) is 17.4. The number of hydrogen-bond donors (Lipinski definition) is 3. The zero-order chi connectivity index (χ0) is 21.3. The van der Waals surface area contributed by atoms with Crippen molar-refractivity contribution in [3.05, 3.63) is 75.2 Å². The Bertz CT molecular complexity index is 1290. The highest BCUT2D eigenvalue weighted by Crippen LogP contribution is 2.31. The van der Waals surface area contributed by atoms with Crippen molar-refractivity contribution in [1.29, 1.82) is 0 Å². The number of anilines is 1. The van der Waals surface area contributed by atoms with Gasteiger partial charge in [-0.2, -0.15) is 0 Å². The van der Waals surface area contributed by atoms with Crippen LogP contribution >= 0.6 is 44.1 Å². The standard InChI is InChI=1S/C21H13Br2N3O3S/c22-14-4-2-1-3-13(14)19(28)26-21(30)24-12-6-8-18-16(10-12)25-20(29-18)11-5-7-17(27)15(23)9-11/h1-10,27H,(H2,24,26,28,30). The van der Waals surface area contributed by atoms with E-state index in [9.17, 15) is 9.90 Å². The van der Waals surface area contributed by atoms with Gasteiger partial charge in [0.15, 0.2) is 10.7 Å².